The van der Waals surface area contributed by atoms with E-state index >= 15 is 0 Å². The molecule has 0 spiro atoms. The van der Waals surface area contributed by atoms with Gasteiger partial charge in [0.1, 0.15) is 10.8 Å². The van der Waals surface area contributed by atoms with Crippen LogP contribution in [0, 0.1) is 6.92 Å². The third kappa shape index (κ3) is 2.41. The standard InChI is InChI=1S/C15H13NOS2/c1-10-14(11-3-5-13(17-2)6-4-11)16-15(19-10)12-7-8-18-9-12/h3-9H,1-2H3. The third-order valence-electron chi connectivity index (χ3n) is 2.93. The maximum absolute atomic E-state index is 5.18. The molecule has 0 saturated heterocycles. The second-order valence-electron chi connectivity index (χ2n) is 4.16. The van der Waals surface area contributed by atoms with Crippen LogP contribution >= 0.6 is 22.7 Å². The SMILES string of the molecule is COc1ccc(-c2nc(-c3ccsc3)sc2C)cc1. The summed E-state index contributed by atoms with van der Waals surface area (Å²) in [5.41, 5.74) is 3.41. The van der Waals surface area contributed by atoms with Gasteiger partial charge in [0.05, 0.1) is 12.8 Å². The highest BCUT2D eigenvalue weighted by Gasteiger charge is 2.11. The van der Waals surface area contributed by atoms with Gasteiger partial charge in [0.15, 0.2) is 0 Å². The molecule has 4 heteroatoms. The molecule has 2 nitrogen and oxygen atoms in total. The van der Waals surface area contributed by atoms with Crippen molar-refractivity contribution < 1.29 is 4.74 Å². The summed E-state index contributed by atoms with van der Waals surface area (Å²) in [5, 5.41) is 5.31. The fourth-order valence-electron chi connectivity index (χ4n) is 1.92. The molecule has 0 bridgehead atoms. The van der Waals surface area contributed by atoms with Gasteiger partial charge < -0.3 is 4.74 Å². The number of rotatable bonds is 3. The quantitative estimate of drug-likeness (QED) is 0.686. The smallest absolute Gasteiger partial charge is 0.125 e. The molecule has 2 aromatic heterocycles. The number of aryl methyl sites for hydroxylation is 1. The molecule has 0 radical (unpaired) electrons. The molecule has 0 atom stereocenters. The van der Waals surface area contributed by atoms with Crippen LogP contribution in [-0.2, 0) is 0 Å². The van der Waals surface area contributed by atoms with E-state index < -0.39 is 0 Å². The number of aromatic nitrogens is 1. The van der Waals surface area contributed by atoms with Crippen LogP contribution in [0.1, 0.15) is 4.88 Å². The van der Waals surface area contributed by atoms with Gasteiger partial charge in [-0.3, -0.25) is 0 Å². The largest absolute Gasteiger partial charge is 0.497 e. The van der Waals surface area contributed by atoms with Gasteiger partial charge in [-0.25, -0.2) is 4.98 Å². The molecule has 0 N–H and O–H groups in total. The lowest BCUT2D eigenvalue weighted by molar-refractivity contribution is 0.415. The molecule has 0 amide bonds. The average Bonchev–Trinajstić information content (AvgIpc) is 3.08. The molecule has 0 aliphatic rings. The number of benzene rings is 1. The number of ether oxygens (including phenoxy) is 1. The zero-order valence-corrected chi connectivity index (χ0v) is 12.3. The van der Waals surface area contributed by atoms with E-state index in [0.29, 0.717) is 0 Å². The predicted octanol–water partition coefficient (Wildman–Crippen LogP) is 4.86. The Labute approximate surface area is 120 Å². The Morgan fingerprint density at radius 3 is 2.47 bits per heavy atom. The summed E-state index contributed by atoms with van der Waals surface area (Å²) >= 11 is 3.44. The Balaban J connectivity index is 2.00. The van der Waals surface area contributed by atoms with Crippen molar-refractivity contribution in [2.45, 2.75) is 6.92 Å². The number of thiazole rings is 1. The lowest BCUT2D eigenvalue weighted by Gasteiger charge is -2.01. The Bertz CT molecular complexity index is 669. The van der Waals surface area contributed by atoms with Gasteiger partial charge >= 0.3 is 0 Å². The first-order valence-corrected chi connectivity index (χ1v) is 7.68. The first kappa shape index (κ1) is 12.4. The summed E-state index contributed by atoms with van der Waals surface area (Å²) < 4.78 is 5.18. The maximum atomic E-state index is 5.18. The molecular weight excluding hydrogens is 274 g/mol. The third-order valence-corrected chi connectivity index (χ3v) is 4.63. The zero-order chi connectivity index (χ0) is 13.2. The van der Waals surface area contributed by atoms with E-state index in [2.05, 4.69) is 35.9 Å². The maximum Gasteiger partial charge on any atom is 0.125 e. The lowest BCUT2D eigenvalue weighted by atomic mass is 10.1. The van der Waals surface area contributed by atoms with E-state index in [1.165, 1.54) is 10.4 Å². The van der Waals surface area contributed by atoms with Gasteiger partial charge in [-0.05, 0) is 42.6 Å². The summed E-state index contributed by atoms with van der Waals surface area (Å²) in [7, 11) is 1.68. The Morgan fingerprint density at radius 2 is 1.84 bits per heavy atom. The van der Waals surface area contributed by atoms with Crippen molar-refractivity contribution in [3.8, 4) is 27.6 Å². The van der Waals surface area contributed by atoms with Crippen molar-refractivity contribution >= 4 is 22.7 Å². The van der Waals surface area contributed by atoms with Gasteiger partial charge in [-0.15, -0.1) is 11.3 Å². The highest BCUT2D eigenvalue weighted by atomic mass is 32.1. The minimum Gasteiger partial charge on any atom is -0.497 e. The molecule has 3 rings (SSSR count). The zero-order valence-electron chi connectivity index (χ0n) is 10.7. The Hall–Kier alpha value is -1.65. The minimum absolute atomic E-state index is 0.870. The first-order chi connectivity index (χ1) is 9.28. The van der Waals surface area contributed by atoms with E-state index in [0.717, 1.165) is 22.0 Å². The van der Waals surface area contributed by atoms with Crippen molar-refractivity contribution in [1.82, 2.24) is 4.98 Å². The van der Waals surface area contributed by atoms with Crippen LogP contribution in [0.3, 0.4) is 0 Å². The Morgan fingerprint density at radius 1 is 1.05 bits per heavy atom. The predicted molar refractivity (Wildman–Crippen MR) is 82.2 cm³/mol. The molecule has 19 heavy (non-hydrogen) atoms. The highest BCUT2D eigenvalue weighted by molar-refractivity contribution is 7.16. The second-order valence-corrected chi connectivity index (χ2v) is 6.15. The van der Waals surface area contributed by atoms with Crippen LogP contribution in [-0.4, -0.2) is 12.1 Å². The van der Waals surface area contributed by atoms with E-state index in [1.807, 2.05) is 12.1 Å². The van der Waals surface area contributed by atoms with Crippen LogP contribution < -0.4 is 4.74 Å². The van der Waals surface area contributed by atoms with Gasteiger partial charge in [-0.1, -0.05) is 0 Å². The van der Waals surface area contributed by atoms with Gasteiger partial charge in [0.25, 0.3) is 0 Å². The second kappa shape index (κ2) is 5.15. The molecule has 0 fully saturated rings. The van der Waals surface area contributed by atoms with E-state index in [1.54, 1.807) is 29.8 Å². The average molecular weight is 287 g/mol. The minimum atomic E-state index is 0.870. The van der Waals surface area contributed by atoms with Crippen LogP contribution in [0.15, 0.2) is 41.1 Å². The number of thiophene rings is 1. The van der Waals surface area contributed by atoms with Crippen LogP contribution in [0.4, 0.5) is 0 Å². The van der Waals surface area contributed by atoms with E-state index in [-0.39, 0.29) is 0 Å². The molecule has 0 aliphatic carbocycles. The molecule has 3 aromatic rings. The first-order valence-electron chi connectivity index (χ1n) is 5.92. The van der Waals surface area contributed by atoms with E-state index in [9.17, 15) is 0 Å². The van der Waals surface area contributed by atoms with Crippen molar-refractivity contribution in [3.63, 3.8) is 0 Å². The van der Waals surface area contributed by atoms with Crippen LogP contribution in [0.25, 0.3) is 21.8 Å². The molecule has 2 heterocycles. The number of nitrogens with zero attached hydrogens (tertiary/aromatic N) is 1. The normalized spacial score (nSPS) is 10.6. The van der Waals surface area contributed by atoms with Crippen molar-refractivity contribution in [1.29, 1.82) is 0 Å². The topological polar surface area (TPSA) is 22.1 Å². The molecule has 0 saturated carbocycles. The molecule has 1 aromatic carbocycles. The number of hydrogen-bond acceptors (Lipinski definition) is 4. The fourth-order valence-corrected chi connectivity index (χ4v) is 3.57. The van der Waals surface area contributed by atoms with E-state index in [4.69, 9.17) is 9.72 Å². The van der Waals surface area contributed by atoms with Crippen LogP contribution in [0.5, 0.6) is 5.75 Å². The highest BCUT2D eigenvalue weighted by Crippen LogP contribution is 2.34. The number of methoxy groups -OCH3 is 1. The lowest BCUT2D eigenvalue weighted by Crippen LogP contribution is -1.84. The van der Waals surface area contributed by atoms with Gasteiger partial charge in [0, 0.05) is 21.4 Å². The molecule has 96 valence electrons. The summed E-state index contributed by atoms with van der Waals surface area (Å²) in [6.07, 6.45) is 0. The fraction of sp³-hybridized carbons (Fsp3) is 0.133. The Kier molecular flexibility index (Phi) is 3.36. The number of hydrogen-bond donors (Lipinski definition) is 0. The summed E-state index contributed by atoms with van der Waals surface area (Å²) in [6, 6.07) is 10.2. The summed E-state index contributed by atoms with van der Waals surface area (Å²) in [5.74, 6) is 0.870. The van der Waals surface area contributed by atoms with Crippen molar-refractivity contribution in [2.75, 3.05) is 7.11 Å². The molecule has 0 aliphatic heterocycles. The van der Waals surface area contributed by atoms with Crippen LogP contribution in [0.2, 0.25) is 0 Å². The summed E-state index contributed by atoms with van der Waals surface area (Å²) in [6.45, 7) is 2.12. The van der Waals surface area contributed by atoms with Crippen molar-refractivity contribution in [2.24, 2.45) is 0 Å². The van der Waals surface area contributed by atoms with Crippen molar-refractivity contribution in [3.05, 3.63) is 46.0 Å². The van der Waals surface area contributed by atoms with Gasteiger partial charge in [-0.2, -0.15) is 11.3 Å². The monoisotopic (exact) mass is 287 g/mol. The summed E-state index contributed by atoms with van der Waals surface area (Å²) in [4.78, 5) is 6.00. The molecule has 0 unspecified atom stereocenters. The molecular formula is C15H13NOS2. The van der Waals surface area contributed by atoms with Gasteiger partial charge in [0.2, 0.25) is 0 Å².